The second-order valence-electron chi connectivity index (χ2n) is 5.57. The first-order chi connectivity index (χ1) is 11.1. The SMILES string of the molecule is COC(=O)c1cnn(CCC2(C)OCCO2)c1-c1ccccc1. The summed E-state index contributed by atoms with van der Waals surface area (Å²) in [5.41, 5.74) is 2.12. The minimum absolute atomic E-state index is 0.394. The lowest BCUT2D eigenvalue weighted by Gasteiger charge is -2.22. The van der Waals surface area contributed by atoms with Crippen molar-refractivity contribution in [1.29, 1.82) is 0 Å². The molecule has 0 bridgehead atoms. The predicted octanol–water partition coefficient (Wildman–Crippen LogP) is 2.49. The molecule has 0 atom stereocenters. The normalized spacial score (nSPS) is 16.4. The Morgan fingerprint density at radius 1 is 1.30 bits per heavy atom. The number of methoxy groups -OCH3 is 1. The highest BCUT2D eigenvalue weighted by atomic mass is 16.7. The van der Waals surface area contributed by atoms with Crippen molar-refractivity contribution in [3.63, 3.8) is 0 Å². The van der Waals surface area contributed by atoms with Gasteiger partial charge in [-0.1, -0.05) is 30.3 Å². The Labute approximate surface area is 135 Å². The van der Waals surface area contributed by atoms with Gasteiger partial charge in [0.05, 0.1) is 32.2 Å². The zero-order valence-electron chi connectivity index (χ0n) is 13.3. The van der Waals surface area contributed by atoms with Crippen molar-refractivity contribution in [2.45, 2.75) is 25.7 Å². The lowest BCUT2D eigenvalue weighted by Crippen LogP contribution is -2.27. The molecule has 1 aliphatic heterocycles. The van der Waals surface area contributed by atoms with Gasteiger partial charge in [0.1, 0.15) is 5.56 Å². The Kier molecular flexibility index (Phi) is 4.45. The molecule has 6 heteroatoms. The molecular formula is C17H20N2O4. The van der Waals surface area contributed by atoms with Crippen LogP contribution < -0.4 is 0 Å². The van der Waals surface area contributed by atoms with Crippen LogP contribution in [0, 0.1) is 0 Å². The molecule has 1 aromatic heterocycles. The average Bonchev–Trinajstić information content (AvgIpc) is 3.20. The number of nitrogens with zero attached hydrogens (tertiary/aromatic N) is 2. The number of ether oxygens (including phenoxy) is 3. The van der Waals surface area contributed by atoms with Crippen molar-refractivity contribution in [3.8, 4) is 11.3 Å². The standard InChI is InChI=1S/C17H20N2O4/c1-17(22-10-11-23-17)8-9-19-15(13-6-4-3-5-7-13)14(12-18-19)16(20)21-2/h3-7,12H,8-11H2,1-2H3. The third kappa shape index (κ3) is 3.28. The van der Waals surface area contributed by atoms with Crippen molar-refractivity contribution in [2.75, 3.05) is 20.3 Å². The van der Waals surface area contributed by atoms with E-state index in [1.165, 1.54) is 7.11 Å². The second-order valence-corrected chi connectivity index (χ2v) is 5.57. The van der Waals surface area contributed by atoms with Crippen molar-refractivity contribution < 1.29 is 19.0 Å². The molecule has 2 heterocycles. The summed E-state index contributed by atoms with van der Waals surface area (Å²) < 4.78 is 17.9. The minimum atomic E-state index is -0.592. The quantitative estimate of drug-likeness (QED) is 0.793. The molecule has 23 heavy (non-hydrogen) atoms. The molecule has 1 saturated heterocycles. The van der Waals surface area contributed by atoms with E-state index in [9.17, 15) is 4.79 Å². The lowest BCUT2D eigenvalue weighted by atomic mass is 10.1. The van der Waals surface area contributed by atoms with E-state index in [1.54, 1.807) is 10.9 Å². The number of carbonyl (C=O) groups excluding carboxylic acids is 1. The highest BCUT2D eigenvalue weighted by Gasteiger charge is 2.31. The molecule has 3 rings (SSSR count). The summed E-state index contributed by atoms with van der Waals surface area (Å²) in [5, 5.41) is 4.36. The van der Waals surface area contributed by atoms with Crippen molar-refractivity contribution in [2.24, 2.45) is 0 Å². The first kappa shape index (κ1) is 15.7. The highest BCUT2D eigenvalue weighted by Crippen LogP contribution is 2.27. The Bertz CT molecular complexity index is 675. The number of rotatable bonds is 5. The molecule has 122 valence electrons. The molecule has 1 aromatic carbocycles. The van der Waals surface area contributed by atoms with Gasteiger partial charge in [-0.2, -0.15) is 5.10 Å². The third-order valence-corrected chi connectivity index (χ3v) is 3.97. The average molecular weight is 316 g/mol. The van der Waals surface area contributed by atoms with Gasteiger partial charge < -0.3 is 14.2 Å². The maximum atomic E-state index is 12.0. The van der Waals surface area contributed by atoms with Gasteiger partial charge in [0.25, 0.3) is 0 Å². The van der Waals surface area contributed by atoms with E-state index in [0.29, 0.717) is 31.7 Å². The molecule has 0 N–H and O–H groups in total. The Morgan fingerprint density at radius 3 is 2.65 bits per heavy atom. The summed E-state index contributed by atoms with van der Waals surface area (Å²) in [6, 6.07) is 9.69. The molecule has 0 saturated carbocycles. The first-order valence-corrected chi connectivity index (χ1v) is 7.60. The summed E-state index contributed by atoms with van der Waals surface area (Å²) in [7, 11) is 1.37. The Morgan fingerprint density at radius 2 is 2.00 bits per heavy atom. The van der Waals surface area contributed by atoms with E-state index in [1.807, 2.05) is 37.3 Å². The van der Waals surface area contributed by atoms with Gasteiger partial charge in [0.15, 0.2) is 5.79 Å². The number of aryl methyl sites for hydroxylation is 1. The van der Waals surface area contributed by atoms with Gasteiger partial charge in [-0.3, -0.25) is 4.68 Å². The maximum Gasteiger partial charge on any atom is 0.341 e. The second kappa shape index (κ2) is 6.52. The largest absolute Gasteiger partial charge is 0.465 e. The minimum Gasteiger partial charge on any atom is -0.465 e. The van der Waals surface area contributed by atoms with Gasteiger partial charge in [-0.25, -0.2) is 4.79 Å². The fraction of sp³-hybridized carbons (Fsp3) is 0.412. The Hall–Kier alpha value is -2.18. The molecule has 0 radical (unpaired) electrons. The molecular weight excluding hydrogens is 296 g/mol. The number of hydrogen-bond acceptors (Lipinski definition) is 5. The zero-order valence-corrected chi connectivity index (χ0v) is 13.3. The van der Waals surface area contributed by atoms with Gasteiger partial charge >= 0.3 is 5.97 Å². The molecule has 0 spiro atoms. The molecule has 0 aliphatic carbocycles. The lowest BCUT2D eigenvalue weighted by molar-refractivity contribution is -0.148. The van der Waals surface area contributed by atoms with Gasteiger partial charge in [-0.15, -0.1) is 0 Å². The van der Waals surface area contributed by atoms with E-state index in [2.05, 4.69) is 5.10 Å². The van der Waals surface area contributed by atoms with Crippen LogP contribution in [-0.2, 0) is 20.8 Å². The van der Waals surface area contributed by atoms with Crippen LogP contribution in [0.15, 0.2) is 36.5 Å². The van der Waals surface area contributed by atoms with Crippen molar-refractivity contribution >= 4 is 5.97 Å². The van der Waals surface area contributed by atoms with Gasteiger partial charge in [0, 0.05) is 18.5 Å². The molecule has 6 nitrogen and oxygen atoms in total. The number of esters is 1. The van der Waals surface area contributed by atoms with Crippen LogP contribution in [0.3, 0.4) is 0 Å². The number of carbonyl (C=O) groups is 1. The Balaban J connectivity index is 1.90. The van der Waals surface area contributed by atoms with Gasteiger partial charge in [-0.05, 0) is 6.92 Å². The van der Waals surface area contributed by atoms with Crippen LogP contribution in [-0.4, -0.2) is 41.9 Å². The van der Waals surface area contributed by atoms with E-state index in [4.69, 9.17) is 14.2 Å². The number of benzene rings is 1. The zero-order chi connectivity index (χ0) is 16.3. The van der Waals surface area contributed by atoms with E-state index in [-0.39, 0.29) is 0 Å². The number of aromatic nitrogens is 2. The summed E-state index contributed by atoms with van der Waals surface area (Å²) in [6.45, 7) is 3.72. The van der Waals surface area contributed by atoms with Crippen LogP contribution >= 0.6 is 0 Å². The molecule has 1 fully saturated rings. The van der Waals surface area contributed by atoms with E-state index in [0.717, 1.165) is 11.3 Å². The summed E-state index contributed by atoms with van der Waals surface area (Å²) >= 11 is 0. The predicted molar refractivity (Wildman–Crippen MR) is 83.9 cm³/mol. The fourth-order valence-corrected chi connectivity index (χ4v) is 2.72. The van der Waals surface area contributed by atoms with Crippen molar-refractivity contribution in [1.82, 2.24) is 9.78 Å². The first-order valence-electron chi connectivity index (χ1n) is 7.60. The van der Waals surface area contributed by atoms with Crippen LogP contribution in [0.5, 0.6) is 0 Å². The smallest absolute Gasteiger partial charge is 0.341 e. The van der Waals surface area contributed by atoms with Crippen LogP contribution in [0.1, 0.15) is 23.7 Å². The van der Waals surface area contributed by atoms with Gasteiger partial charge in [0.2, 0.25) is 0 Å². The summed E-state index contributed by atoms with van der Waals surface area (Å²) in [5.74, 6) is -0.986. The van der Waals surface area contributed by atoms with Crippen LogP contribution in [0.4, 0.5) is 0 Å². The number of hydrogen-bond donors (Lipinski definition) is 0. The molecule has 2 aromatic rings. The summed E-state index contributed by atoms with van der Waals surface area (Å²) in [4.78, 5) is 12.0. The van der Waals surface area contributed by atoms with E-state index < -0.39 is 11.8 Å². The fourth-order valence-electron chi connectivity index (χ4n) is 2.72. The maximum absolute atomic E-state index is 12.0. The molecule has 0 unspecified atom stereocenters. The topological polar surface area (TPSA) is 62.6 Å². The van der Waals surface area contributed by atoms with E-state index >= 15 is 0 Å². The van der Waals surface area contributed by atoms with Crippen LogP contribution in [0.2, 0.25) is 0 Å². The van der Waals surface area contributed by atoms with Crippen molar-refractivity contribution in [3.05, 3.63) is 42.1 Å². The monoisotopic (exact) mass is 316 g/mol. The molecule has 1 aliphatic rings. The highest BCUT2D eigenvalue weighted by molar-refractivity contribution is 5.96. The third-order valence-electron chi connectivity index (χ3n) is 3.97. The molecule has 0 amide bonds. The van der Waals surface area contributed by atoms with Crippen LogP contribution in [0.25, 0.3) is 11.3 Å². The summed E-state index contributed by atoms with van der Waals surface area (Å²) in [6.07, 6.45) is 2.20.